The summed E-state index contributed by atoms with van der Waals surface area (Å²) in [5.74, 6) is -1.21. The molecular formula is C69H125NO10. The molecule has 8 unspecified atom stereocenters. The van der Waals surface area contributed by atoms with E-state index in [0.29, 0.717) is 19.3 Å². The predicted molar refractivity (Wildman–Crippen MR) is 333 cm³/mol. The number of hydrogen-bond acceptors (Lipinski definition) is 10. The molecule has 1 rings (SSSR count). The summed E-state index contributed by atoms with van der Waals surface area (Å²) in [5.41, 5.74) is 0. The Morgan fingerprint density at radius 3 is 1.38 bits per heavy atom. The van der Waals surface area contributed by atoms with Crippen LogP contribution in [0.2, 0.25) is 0 Å². The van der Waals surface area contributed by atoms with Gasteiger partial charge in [0.1, 0.15) is 24.4 Å². The first-order valence-electron chi connectivity index (χ1n) is 33.6. The first-order valence-corrected chi connectivity index (χ1v) is 33.6. The maximum atomic E-state index is 13.5. The monoisotopic (exact) mass is 1130 g/mol. The maximum absolute atomic E-state index is 13.5. The van der Waals surface area contributed by atoms with E-state index in [-0.39, 0.29) is 13.0 Å². The number of nitrogens with one attached hydrogen (secondary N) is 1. The standard InChI is InChI=1S/C69H125NO10/c1-4-7-10-13-16-19-22-25-26-27-28-29-30-31-32-33-34-35-36-37-39-41-44-47-50-53-56-62(73)68(77)70-60(61(72)55-52-49-46-43-40-24-21-18-15-12-9-6-3)59-78-69-67(66(76)65(75)63(58-71)79-69)80-64(74)57-54-51-48-45-42-38-23-20-17-14-11-8-5-2/h8,11,14,17,20,23,25-26,52,55,60-63,65-67,69,71-73,75-76H,4-7,9-10,12-13,15-16,18-19,21-22,24,27-51,53-54,56-59H2,1-3H3,(H,70,77)/b11-8+,17-14+,23-20-,26-25+,55-52+. The van der Waals surface area contributed by atoms with Gasteiger partial charge in [-0.1, -0.05) is 287 Å². The summed E-state index contributed by atoms with van der Waals surface area (Å²) < 4.78 is 17.6. The molecule has 1 saturated heterocycles. The quantitative estimate of drug-likeness (QED) is 0.0149. The second-order valence-corrected chi connectivity index (χ2v) is 23.2. The van der Waals surface area contributed by atoms with Crippen molar-refractivity contribution < 1.29 is 49.3 Å². The van der Waals surface area contributed by atoms with Crippen LogP contribution in [0.4, 0.5) is 0 Å². The Kier molecular flexibility index (Phi) is 53.5. The van der Waals surface area contributed by atoms with Crippen molar-refractivity contribution in [1.29, 1.82) is 0 Å². The molecule has 0 aromatic heterocycles. The number of ether oxygens (including phenoxy) is 3. The van der Waals surface area contributed by atoms with Crippen LogP contribution >= 0.6 is 0 Å². The summed E-state index contributed by atoms with van der Waals surface area (Å²) >= 11 is 0. The van der Waals surface area contributed by atoms with Gasteiger partial charge < -0.3 is 45.1 Å². The number of aliphatic hydroxyl groups is 5. The molecule has 466 valence electrons. The van der Waals surface area contributed by atoms with Gasteiger partial charge in [0.05, 0.1) is 25.4 Å². The van der Waals surface area contributed by atoms with Crippen LogP contribution in [0.25, 0.3) is 0 Å². The third kappa shape index (κ3) is 44.0. The van der Waals surface area contributed by atoms with Gasteiger partial charge in [0.2, 0.25) is 5.91 Å². The van der Waals surface area contributed by atoms with E-state index in [1.54, 1.807) is 6.08 Å². The Morgan fingerprint density at radius 1 is 0.500 bits per heavy atom. The largest absolute Gasteiger partial charge is 0.454 e. The number of amides is 1. The topological polar surface area (TPSA) is 175 Å². The number of rotatable bonds is 57. The highest BCUT2D eigenvalue weighted by atomic mass is 16.7. The normalized spacial score (nSPS) is 19.1. The molecule has 11 heteroatoms. The van der Waals surface area contributed by atoms with Crippen molar-refractivity contribution in [3.05, 3.63) is 60.8 Å². The number of carbonyl (C=O) groups excluding carboxylic acids is 2. The summed E-state index contributed by atoms with van der Waals surface area (Å²) in [7, 11) is 0. The van der Waals surface area contributed by atoms with Gasteiger partial charge in [0.15, 0.2) is 12.4 Å². The summed E-state index contributed by atoms with van der Waals surface area (Å²) in [6, 6.07) is -1.03. The van der Waals surface area contributed by atoms with Crippen LogP contribution < -0.4 is 5.32 Å². The molecule has 8 atom stereocenters. The second-order valence-electron chi connectivity index (χ2n) is 23.2. The molecule has 1 amide bonds. The number of esters is 1. The molecule has 0 aliphatic carbocycles. The minimum atomic E-state index is -1.62. The van der Waals surface area contributed by atoms with Crippen molar-refractivity contribution in [2.75, 3.05) is 13.2 Å². The Hall–Kier alpha value is -2.64. The van der Waals surface area contributed by atoms with Crippen LogP contribution in [0, 0.1) is 0 Å². The SMILES string of the molecule is CC/C=C/C=C/C=C\CCCCCCCC(=O)OC1C(OCC(NC(=O)C(O)CCCCCCCCCCCCCCCCCC/C=C/CCCCCCCC)C(O)/C=C/CCCCCCCCCCCC)OC(CO)C(O)C1O. The average Bonchev–Trinajstić information content (AvgIpc) is 3.45. The fourth-order valence-electron chi connectivity index (χ4n) is 10.4. The number of carbonyl (C=O) groups is 2. The van der Waals surface area contributed by atoms with Gasteiger partial charge >= 0.3 is 5.97 Å². The van der Waals surface area contributed by atoms with Crippen LogP contribution in [-0.2, 0) is 23.8 Å². The van der Waals surface area contributed by atoms with E-state index < -0.39 is 67.4 Å². The molecule has 1 fully saturated rings. The molecule has 80 heavy (non-hydrogen) atoms. The lowest BCUT2D eigenvalue weighted by Crippen LogP contribution is -2.61. The molecule has 0 bridgehead atoms. The zero-order valence-corrected chi connectivity index (χ0v) is 51.7. The minimum Gasteiger partial charge on any atom is -0.454 e. The van der Waals surface area contributed by atoms with Gasteiger partial charge in [0.25, 0.3) is 0 Å². The highest BCUT2D eigenvalue weighted by Crippen LogP contribution is 2.26. The van der Waals surface area contributed by atoms with Gasteiger partial charge in [0, 0.05) is 6.42 Å². The van der Waals surface area contributed by atoms with Crippen LogP contribution in [0.15, 0.2) is 60.8 Å². The Labute approximate surface area is 490 Å². The summed E-state index contributed by atoms with van der Waals surface area (Å²) in [6.07, 6.45) is 61.4. The van der Waals surface area contributed by atoms with Gasteiger partial charge in [-0.2, -0.15) is 0 Å². The van der Waals surface area contributed by atoms with E-state index in [0.717, 1.165) is 77.0 Å². The van der Waals surface area contributed by atoms with Gasteiger partial charge in [-0.05, 0) is 70.6 Å². The summed E-state index contributed by atoms with van der Waals surface area (Å²) in [6.45, 7) is 5.66. The van der Waals surface area contributed by atoms with Crippen LogP contribution in [-0.4, -0.2) is 99.6 Å². The van der Waals surface area contributed by atoms with Crippen LogP contribution in [0.1, 0.15) is 303 Å². The third-order valence-corrected chi connectivity index (χ3v) is 15.7. The van der Waals surface area contributed by atoms with E-state index in [2.05, 4.69) is 56.5 Å². The van der Waals surface area contributed by atoms with E-state index >= 15 is 0 Å². The van der Waals surface area contributed by atoms with Crippen molar-refractivity contribution in [1.82, 2.24) is 5.32 Å². The Morgan fingerprint density at radius 2 is 0.912 bits per heavy atom. The first kappa shape index (κ1) is 75.4. The summed E-state index contributed by atoms with van der Waals surface area (Å²) in [4.78, 5) is 26.6. The lowest BCUT2D eigenvalue weighted by molar-refractivity contribution is -0.305. The van der Waals surface area contributed by atoms with Crippen molar-refractivity contribution in [3.8, 4) is 0 Å². The van der Waals surface area contributed by atoms with Gasteiger partial charge in [-0.25, -0.2) is 0 Å². The third-order valence-electron chi connectivity index (χ3n) is 15.7. The van der Waals surface area contributed by atoms with Crippen molar-refractivity contribution in [2.24, 2.45) is 0 Å². The fourth-order valence-corrected chi connectivity index (χ4v) is 10.4. The molecular weight excluding hydrogens is 1000 g/mol. The van der Waals surface area contributed by atoms with Crippen LogP contribution in [0.3, 0.4) is 0 Å². The van der Waals surface area contributed by atoms with Crippen molar-refractivity contribution in [3.63, 3.8) is 0 Å². The molecule has 0 saturated carbocycles. The number of allylic oxidation sites excluding steroid dienone is 9. The summed E-state index contributed by atoms with van der Waals surface area (Å²) in [5, 5.41) is 57.0. The van der Waals surface area contributed by atoms with Gasteiger partial charge in [-0.15, -0.1) is 0 Å². The zero-order chi connectivity index (χ0) is 58.2. The first-order chi connectivity index (χ1) is 39.2. The molecule has 11 nitrogen and oxygen atoms in total. The van der Waals surface area contributed by atoms with Crippen LogP contribution in [0.5, 0.6) is 0 Å². The van der Waals surface area contributed by atoms with E-state index in [1.165, 1.54) is 180 Å². The van der Waals surface area contributed by atoms with Gasteiger partial charge in [-0.3, -0.25) is 9.59 Å². The number of unbranched alkanes of at least 4 members (excludes halogenated alkanes) is 37. The predicted octanol–water partition coefficient (Wildman–Crippen LogP) is 16.6. The fraction of sp³-hybridized carbons (Fsp3) is 0.826. The molecule has 1 aliphatic rings. The molecule has 6 N–H and O–H groups in total. The number of aliphatic hydroxyl groups excluding tert-OH is 5. The maximum Gasteiger partial charge on any atom is 0.306 e. The van der Waals surface area contributed by atoms with E-state index in [4.69, 9.17) is 14.2 Å². The van der Waals surface area contributed by atoms with Crippen molar-refractivity contribution >= 4 is 11.9 Å². The van der Waals surface area contributed by atoms with Crippen molar-refractivity contribution in [2.45, 2.75) is 352 Å². The smallest absolute Gasteiger partial charge is 0.306 e. The lowest BCUT2D eigenvalue weighted by Gasteiger charge is -2.41. The van der Waals surface area contributed by atoms with E-state index in [9.17, 15) is 35.1 Å². The highest BCUT2D eigenvalue weighted by molar-refractivity contribution is 5.80. The zero-order valence-electron chi connectivity index (χ0n) is 51.7. The molecule has 1 heterocycles. The Balaban J connectivity index is 2.56. The minimum absolute atomic E-state index is 0.100. The molecule has 0 aromatic rings. The lowest BCUT2D eigenvalue weighted by atomic mass is 9.99. The molecule has 0 spiro atoms. The molecule has 0 radical (unpaired) electrons. The molecule has 0 aromatic carbocycles. The highest BCUT2D eigenvalue weighted by Gasteiger charge is 2.47. The molecule has 1 aliphatic heterocycles. The number of hydrogen-bond donors (Lipinski definition) is 6. The van der Waals surface area contributed by atoms with E-state index in [1.807, 2.05) is 24.3 Å². The second kappa shape index (κ2) is 56.8. The average molecular weight is 1130 g/mol. The Bertz CT molecular complexity index is 1530.